The molecule has 1 aromatic carbocycles. The molecule has 124 valence electrons. The molecule has 3 atom stereocenters. The Balaban J connectivity index is 2.02. The van der Waals surface area contributed by atoms with Crippen molar-refractivity contribution in [1.82, 2.24) is 0 Å². The molecule has 1 heterocycles. The lowest BCUT2D eigenvalue weighted by molar-refractivity contribution is -0.130. The van der Waals surface area contributed by atoms with E-state index >= 15 is 0 Å². The fourth-order valence-electron chi connectivity index (χ4n) is 4.13. The van der Waals surface area contributed by atoms with Crippen LogP contribution in [0.15, 0.2) is 24.3 Å². The molecule has 1 spiro atoms. The van der Waals surface area contributed by atoms with Crippen molar-refractivity contribution in [2.24, 2.45) is 11.1 Å². The Kier molecular flexibility index (Phi) is 3.65. The van der Waals surface area contributed by atoms with Gasteiger partial charge in [-0.25, -0.2) is 8.78 Å². The van der Waals surface area contributed by atoms with E-state index in [1.807, 2.05) is 0 Å². The van der Waals surface area contributed by atoms with Crippen LogP contribution in [-0.2, 0) is 9.59 Å². The monoisotopic (exact) mass is 322 g/mol. The van der Waals surface area contributed by atoms with E-state index in [1.54, 1.807) is 6.07 Å². The molecule has 1 saturated carbocycles. The topological polar surface area (TPSA) is 63.4 Å². The molecule has 3 rings (SSSR count). The number of amides is 2. The lowest BCUT2D eigenvalue weighted by Gasteiger charge is -2.38. The third-order valence-corrected chi connectivity index (χ3v) is 5.04. The molecule has 3 unspecified atom stereocenters. The van der Waals surface area contributed by atoms with Crippen LogP contribution in [0.1, 0.15) is 39.0 Å². The molecule has 1 aromatic rings. The number of hydrogen-bond acceptors (Lipinski definition) is 2. The van der Waals surface area contributed by atoms with Gasteiger partial charge in [-0.05, 0) is 57.2 Å². The smallest absolute Gasteiger partial charge is 0.240 e. The van der Waals surface area contributed by atoms with Gasteiger partial charge in [0.1, 0.15) is 17.5 Å². The Morgan fingerprint density at radius 2 is 2.13 bits per heavy atom. The third kappa shape index (κ3) is 2.71. The molecule has 4 nitrogen and oxygen atoms in total. The molecule has 0 bridgehead atoms. The zero-order valence-electron chi connectivity index (χ0n) is 13.0. The molecule has 0 radical (unpaired) electrons. The van der Waals surface area contributed by atoms with E-state index < -0.39 is 28.8 Å². The zero-order chi connectivity index (χ0) is 16.8. The van der Waals surface area contributed by atoms with Gasteiger partial charge in [0, 0.05) is 5.69 Å². The first-order valence-electron chi connectivity index (χ1n) is 7.82. The SMILES string of the molecule is CC1(F)CCCC2(CC(C(N)=O)N(c3cccc(F)c3)C2=O)C1. The summed E-state index contributed by atoms with van der Waals surface area (Å²) in [4.78, 5) is 26.1. The molecule has 0 aromatic heterocycles. The van der Waals surface area contributed by atoms with Gasteiger partial charge in [-0.1, -0.05) is 6.07 Å². The van der Waals surface area contributed by atoms with Gasteiger partial charge in [0.2, 0.25) is 11.8 Å². The van der Waals surface area contributed by atoms with Crippen LogP contribution in [0, 0.1) is 11.2 Å². The van der Waals surface area contributed by atoms with Crippen LogP contribution in [0.25, 0.3) is 0 Å². The number of benzene rings is 1. The molecule has 1 aliphatic carbocycles. The van der Waals surface area contributed by atoms with Crippen molar-refractivity contribution in [3.05, 3.63) is 30.1 Å². The van der Waals surface area contributed by atoms with E-state index in [9.17, 15) is 18.4 Å². The van der Waals surface area contributed by atoms with Crippen molar-refractivity contribution < 1.29 is 18.4 Å². The average Bonchev–Trinajstić information content (AvgIpc) is 2.71. The van der Waals surface area contributed by atoms with Crippen LogP contribution >= 0.6 is 0 Å². The summed E-state index contributed by atoms with van der Waals surface area (Å²) in [7, 11) is 0. The Bertz CT molecular complexity index is 662. The second kappa shape index (κ2) is 5.28. The maximum atomic E-state index is 14.5. The zero-order valence-corrected chi connectivity index (χ0v) is 13.0. The van der Waals surface area contributed by atoms with E-state index in [2.05, 4.69) is 0 Å². The molecule has 23 heavy (non-hydrogen) atoms. The molecule has 6 heteroatoms. The van der Waals surface area contributed by atoms with E-state index in [-0.39, 0.29) is 18.7 Å². The minimum Gasteiger partial charge on any atom is -0.368 e. The lowest BCUT2D eigenvalue weighted by atomic mass is 9.67. The summed E-state index contributed by atoms with van der Waals surface area (Å²) >= 11 is 0. The van der Waals surface area contributed by atoms with E-state index in [4.69, 9.17) is 5.73 Å². The van der Waals surface area contributed by atoms with Crippen molar-refractivity contribution in [3.63, 3.8) is 0 Å². The Morgan fingerprint density at radius 3 is 2.74 bits per heavy atom. The van der Waals surface area contributed by atoms with Crippen molar-refractivity contribution in [3.8, 4) is 0 Å². The summed E-state index contributed by atoms with van der Waals surface area (Å²) < 4.78 is 28.0. The van der Waals surface area contributed by atoms with Gasteiger partial charge in [-0.2, -0.15) is 0 Å². The second-order valence-electron chi connectivity index (χ2n) is 7.00. The number of carbonyl (C=O) groups is 2. The Labute approximate surface area is 133 Å². The van der Waals surface area contributed by atoms with E-state index in [0.29, 0.717) is 24.9 Å². The van der Waals surface area contributed by atoms with E-state index in [0.717, 1.165) is 0 Å². The highest BCUT2D eigenvalue weighted by Gasteiger charge is 2.57. The standard InChI is InChI=1S/C17H20F2N2O2/c1-16(19)6-3-7-17(10-16)9-13(14(20)22)21(15(17)23)12-5-2-4-11(18)8-12/h2,4-5,8,13H,3,6-7,9-10H2,1H3,(H2,20,22). The van der Waals surface area contributed by atoms with Gasteiger partial charge in [-0.15, -0.1) is 0 Å². The molecule has 1 aliphatic heterocycles. The fourth-order valence-corrected chi connectivity index (χ4v) is 4.13. The number of nitrogens with zero attached hydrogens (tertiary/aromatic N) is 1. The number of primary amides is 1. The largest absolute Gasteiger partial charge is 0.368 e. The number of halogens is 2. The normalized spacial score (nSPS) is 34.1. The summed E-state index contributed by atoms with van der Waals surface area (Å²) in [5.41, 5.74) is 3.40. The molecule has 1 saturated heterocycles. The minimum atomic E-state index is -1.44. The Morgan fingerprint density at radius 1 is 1.39 bits per heavy atom. The van der Waals surface area contributed by atoms with Gasteiger partial charge in [0.15, 0.2) is 0 Å². The highest BCUT2D eigenvalue weighted by Crippen LogP contribution is 2.52. The number of carbonyl (C=O) groups excluding carboxylic acids is 2. The van der Waals surface area contributed by atoms with Gasteiger partial charge in [-0.3, -0.25) is 14.5 Å². The first-order chi connectivity index (χ1) is 10.7. The highest BCUT2D eigenvalue weighted by molar-refractivity contribution is 6.06. The summed E-state index contributed by atoms with van der Waals surface area (Å²) in [6.45, 7) is 1.49. The molecule has 2 aliphatic rings. The predicted octanol–water partition coefficient (Wildman–Crippen LogP) is 2.70. The molecule has 2 fully saturated rings. The van der Waals surface area contributed by atoms with Gasteiger partial charge in [0.05, 0.1) is 5.41 Å². The van der Waals surface area contributed by atoms with Crippen LogP contribution in [0.3, 0.4) is 0 Å². The molecule has 2 amide bonds. The number of nitrogens with two attached hydrogens (primary N) is 1. The predicted molar refractivity (Wildman–Crippen MR) is 81.9 cm³/mol. The summed E-state index contributed by atoms with van der Waals surface area (Å²) in [5.74, 6) is -1.47. The van der Waals surface area contributed by atoms with Crippen LogP contribution in [0.2, 0.25) is 0 Å². The first-order valence-corrected chi connectivity index (χ1v) is 7.82. The van der Waals surface area contributed by atoms with Crippen molar-refractivity contribution >= 4 is 17.5 Å². The van der Waals surface area contributed by atoms with Crippen LogP contribution in [0.4, 0.5) is 14.5 Å². The van der Waals surface area contributed by atoms with Crippen LogP contribution in [-0.4, -0.2) is 23.5 Å². The number of hydrogen-bond donors (Lipinski definition) is 1. The molecule has 2 N–H and O–H groups in total. The average molecular weight is 322 g/mol. The molecular weight excluding hydrogens is 302 g/mol. The maximum absolute atomic E-state index is 14.5. The van der Waals surface area contributed by atoms with Crippen molar-refractivity contribution in [1.29, 1.82) is 0 Å². The van der Waals surface area contributed by atoms with Gasteiger partial charge in [0.25, 0.3) is 0 Å². The third-order valence-electron chi connectivity index (χ3n) is 5.04. The van der Waals surface area contributed by atoms with Crippen molar-refractivity contribution in [2.45, 2.75) is 50.7 Å². The fraction of sp³-hybridized carbons (Fsp3) is 0.529. The second-order valence-corrected chi connectivity index (χ2v) is 7.00. The number of alkyl halides is 1. The molecular formula is C17H20F2N2O2. The van der Waals surface area contributed by atoms with Crippen LogP contribution in [0.5, 0.6) is 0 Å². The van der Waals surface area contributed by atoms with Gasteiger partial charge < -0.3 is 5.73 Å². The lowest BCUT2D eigenvalue weighted by Crippen LogP contribution is -2.44. The quantitative estimate of drug-likeness (QED) is 0.910. The van der Waals surface area contributed by atoms with Gasteiger partial charge >= 0.3 is 0 Å². The number of rotatable bonds is 2. The highest BCUT2D eigenvalue weighted by atomic mass is 19.1. The minimum absolute atomic E-state index is 0.0778. The summed E-state index contributed by atoms with van der Waals surface area (Å²) in [6.07, 6.45) is 1.79. The van der Waals surface area contributed by atoms with Crippen LogP contribution < -0.4 is 10.6 Å². The first kappa shape index (κ1) is 15.9. The Hall–Kier alpha value is -1.98. The number of anilines is 1. The van der Waals surface area contributed by atoms with Crippen molar-refractivity contribution in [2.75, 3.05) is 4.90 Å². The summed E-state index contributed by atoms with van der Waals surface area (Å²) in [5, 5.41) is 0. The summed E-state index contributed by atoms with van der Waals surface area (Å²) in [6, 6.07) is 4.63. The maximum Gasteiger partial charge on any atom is 0.240 e. The van der Waals surface area contributed by atoms with E-state index in [1.165, 1.54) is 30.0 Å².